The number of thioether (sulfide) groups is 1. The van der Waals surface area contributed by atoms with Gasteiger partial charge in [0.2, 0.25) is 5.91 Å². The fraction of sp³-hybridized carbons (Fsp3) is 0.350. The predicted molar refractivity (Wildman–Crippen MR) is 111 cm³/mol. The molecule has 1 atom stereocenters. The Balaban J connectivity index is 1.56. The van der Waals surface area contributed by atoms with Crippen LogP contribution >= 0.6 is 23.1 Å². The van der Waals surface area contributed by atoms with Crippen LogP contribution in [0.1, 0.15) is 24.6 Å². The summed E-state index contributed by atoms with van der Waals surface area (Å²) >= 11 is 2.65. The molecule has 1 aliphatic rings. The third-order valence-corrected chi connectivity index (χ3v) is 6.78. The van der Waals surface area contributed by atoms with Gasteiger partial charge in [0.1, 0.15) is 10.6 Å². The van der Waals surface area contributed by atoms with Gasteiger partial charge in [-0.1, -0.05) is 23.9 Å². The number of halogens is 1. The van der Waals surface area contributed by atoms with Gasteiger partial charge in [-0.05, 0) is 50.3 Å². The van der Waals surface area contributed by atoms with Crippen LogP contribution in [0.25, 0.3) is 21.3 Å². The van der Waals surface area contributed by atoms with Crippen molar-refractivity contribution in [3.8, 4) is 11.1 Å². The highest BCUT2D eigenvalue weighted by molar-refractivity contribution is 7.99. The molecule has 1 aromatic carbocycles. The van der Waals surface area contributed by atoms with Gasteiger partial charge in [-0.2, -0.15) is 0 Å². The first-order valence-electron chi connectivity index (χ1n) is 9.14. The number of aromatic amines is 1. The summed E-state index contributed by atoms with van der Waals surface area (Å²) in [7, 11) is 0. The van der Waals surface area contributed by atoms with E-state index < -0.39 is 0 Å². The van der Waals surface area contributed by atoms with Gasteiger partial charge in [-0.15, -0.1) is 11.3 Å². The van der Waals surface area contributed by atoms with Crippen LogP contribution in [0.2, 0.25) is 0 Å². The molecule has 0 saturated heterocycles. The number of hydrogen-bond acceptors (Lipinski definition) is 5. The third-order valence-electron chi connectivity index (χ3n) is 4.91. The Kier molecular flexibility index (Phi) is 5.25. The van der Waals surface area contributed by atoms with Crippen molar-refractivity contribution in [2.75, 3.05) is 5.75 Å². The molecule has 0 aliphatic heterocycles. The lowest BCUT2D eigenvalue weighted by atomic mass is 10.0. The molecule has 1 saturated carbocycles. The van der Waals surface area contributed by atoms with Crippen molar-refractivity contribution < 1.29 is 9.18 Å². The van der Waals surface area contributed by atoms with E-state index in [-0.39, 0.29) is 29.1 Å². The van der Waals surface area contributed by atoms with E-state index in [0.29, 0.717) is 21.3 Å². The van der Waals surface area contributed by atoms with Crippen molar-refractivity contribution in [1.29, 1.82) is 0 Å². The number of nitrogens with one attached hydrogen (secondary N) is 2. The molecule has 28 heavy (non-hydrogen) atoms. The number of fused-ring (bicyclic) bond motifs is 1. The largest absolute Gasteiger partial charge is 0.353 e. The Morgan fingerprint density at radius 3 is 2.79 bits per heavy atom. The van der Waals surface area contributed by atoms with Crippen LogP contribution < -0.4 is 10.9 Å². The quantitative estimate of drug-likeness (QED) is 0.468. The van der Waals surface area contributed by atoms with Gasteiger partial charge in [0.25, 0.3) is 5.56 Å². The van der Waals surface area contributed by atoms with Crippen molar-refractivity contribution in [1.82, 2.24) is 15.3 Å². The number of aromatic nitrogens is 2. The monoisotopic (exact) mass is 417 g/mol. The standard InChI is InChI=1S/C20H20FN3O2S2/c1-10(12-3-4-12)22-15(25)9-27-20-23-18(26)17-16(11(2)28-19(17)24-20)13-5-7-14(21)8-6-13/h5-8,10,12H,3-4,9H2,1-2H3,(H,22,25)(H,23,24,26)/t10-/m0/s1. The number of nitrogens with zero attached hydrogens (tertiary/aromatic N) is 1. The summed E-state index contributed by atoms with van der Waals surface area (Å²) in [5.74, 6) is 0.436. The number of hydrogen-bond donors (Lipinski definition) is 2. The summed E-state index contributed by atoms with van der Waals surface area (Å²) in [5, 5.41) is 3.93. The Hall–Kier alpha value is -2.19. The maximum absolute atomic E-state index is 13.2. The lowest BCUT2D eigenvalue weighted by molar-refractivity contribution is -0.119. The summed E-state index contributed by atoms with van der Waals surface area (Å²) in [6, 6.07) is 6.28. The molecule has 5 nitrogen and oxygen atoms in total. The molecule has 8 heteroatoms. The highest BCUT2D eigenvalue weighted by atomic mass is 32.2. The number of thiophene rings is 1. The lowest BCUT2D eigenvalue weighted by Crippen LogP contribution is -2.35. The van der Waals surface area contributed by atoms with E-state index in [1.54, 1.807) is 12.1 Å². The number of H-pyrrole nitrogens is 1. The predicted octanol–water partition coefficient (Wildman–Crippen LogP) is 4.11. The molecule has 1 amide bonds. The molecule has 1 fully saturated rings. The fourth-order valence-corrected chi connectivity index (χ4v) is 5.05. The lowest BCUT2D eigenvalue weighted by Gasteiger charge is -2.12. The second-order valence-electron chi connectivity index (χ2n) is 7.07. The summed E-state index contributed by atoms with van der Waals surface area (Å²) < 4.78 is 13.2. The topological polar surface area (TPSA) is 74.8 Å². The summed E-state index contributed by atoms with van der Waals surface area (Å²) in [4.78, 5) is 33.7. The molecule has 4 rings (SSSR count). The van der Waals surface area contributed by atoms with Gasteiger partial charge in [-0.3, -0.25) is 9.59 Å². The zero-order valence-corrected chi connectivity index (χ0v) is 17.2. The van der Waals surface area contributed by atoms with Crippen LogP contribution in [0.15, 0.2) is 34.2 Å². The van der Waals surface area contributed by atoms with E-state index in [4.69, 9.17) is 0 Å². The maximum Gasteiger partial charge on any atom is 0.260 e. The Morgan fingerprint density at radius 1 is 1.39 bits per heavy atom. The van der Waals surface area contributed by atoms with E-state index in [0.717, 1.165) is 16.0 Å². The highest BCUT2D eigenvalue weighted by Gasteiger charge is 2.28. The van der Waals surface area contributed by atoms with Crippen LogP contribution in [0, 0.1) is 18.7 Å². The minimum absolute atomic E-state index is 0.0542. The molecule has 0 radical (unpaired) electrons. The summed E-state index contributed by atoms with van der Waals surface area (Å²) in [6.07, 6.45) is 2.35. The summed E-state index contributed by atoms with van der Waals surface area (Å²) in [6.45, 7) is 3.95. The van der Waals surface area contributed by atoms with Crippen molar-refractivity contribution in [2.24, 2.45) is 5.92 Å². The van der Waals surface area contributed by atoms with Gasteiger partial charge in [0.15, 0.2) is 5.16 Å². The van der Waals surface area contributed by atoms with Crippen molar-refractivity contribution >= 4 is 39.2 Å². The van der Waals surface area contributed by atoms with Crippen LogP contribution in [0.4, 0.5) is 4.39 Å². The number of rotatable bonds is 6. The molecule has 3 aromatic rings. The van der Waals surface area contributed by atoms with Crippen LogP contribution in [0.5, 0.6) is 0 Å². The van der Waals surface area contributed by atoms with Crippen LogP contribution in [0.3, 0.4) is 0 Å². The molecule has 0 spiro atoms. The van der Waals surface area contributed by atoms with Crippen LogP contribution in [-0.4, -0.2) is 27.7 Å². The Labute approximate surface area is 169 Å². The van der Waals surface area contributed by atoms with Gasteiger partial charge >= 0.3 is 0 Å². The van der Waals surface area contributed by atoms with Gasteiger partial charge in [0, 0.05) is 16.5 Å². The minimum atomic E-state index is -0.319. The average molecular weight is 418 g/mol. The van der Waals surface area contributed by atoms with E-state index in [1.165, 1.54) is 48.1 Å². The Morgan fingerprint density at radius 2 is 2.11 bits per heavy atom. The highest BCUT2D eigenvalue weighted by Crippen LogP contribution is 2.36. The minimum Gasteiger partial charge on any atom is -0.353 e. The number of amides is 1. The van der Waals surface area contributed by atoms with Crippen molar-refractivity contribution in [2.45, 2.75) is 37.9 Å². The first kappa shape index (κ1) is 19.1. The Bertz CT molecular complexity index is 1090. The zero-order valence-electron chi connectivity index (χ0n) is 15.5. The molecule has 2 aromatic heterocycles. The van der Waals surface area contributed by atoms with E-state index in [9.17, 15) is 14.0 Å². The van der Waals surface area contributed by atoms with E-state index >= 15 is 0 Å². The molecular formula is C20H20FN3O2S2. The number of benzene rings is 1. The second kappa shape index (κ2) is 7.67. The third kappa shape index (κ3) is 3.98. The molecule has 146 valence electrons. The van der Waals surface area contributed by atoms with E-state index in [1.807, 2.05) is 13.8 Å². The van der Waals surface area contributed by atoms with Gasteiger partial charge < -0.3 is 10.3 Å². The summed E-state index contributed by atoms with van der Waals surface area (Å²) in [5.41, 5.74) is 1.32. The first-order chi connectivity index (χ1) is 13.4. The molecule has 1 aliphatic carbocycles. The molecule has 0 unspecified atom stereocenters. The maximum atomic E-state index is 13.2. The van der Waals surface area contributed by atoms with Crippen molar-refractivity contribution in [3.05, 3.63) is 45.3 Å². The number of carbonyl (C=O) groups excluding carboxylic acids is 1. The number of carbonyl (C=O) groups is 1. The second-order valence-corrected chi connectivity index (χ2v) is 9.24. The van der Waals surface area contributed by atoms with Gasteiger partial charge in [0.05, 0.1) is 11.1 Å². The smallest absolute Gasteiger partial charge is 0.260 e. The molecular weight excluding hydrogens is 397 g/mol. The average Bonchev–Trinajstić information content (AvgIpc) is 3.44. The molecule has 0 bridgehead atoms. The van der Waals surface area contributed by atoms with Crippen LogP contribution in [-0.2, 0) is 4.79 Å². The van der Waals surface area contributed by atoms with E-state index in [2.05, 4.69) is 15.3 Å². The molecule has 2 N–H and O–H groups in total. The molecule has 2 heterocycles. The SMILES string of the molecule is Cc1sc2nc(SCC(=O)N[C@@H](C)C3CC3)[nH]c(=O)c2c1-c1ccc(F)cc1. The van der Waals surface area contributed by atoms with Gasteiger partial charge in [-0.25, -0.2) is 9.37 Å². The number of aryl methyl sites for hydroxylation is 1. The first-order valence-corrected chi connectivity index (χ1v) is 10.9. The normalized spacial score (nSPS) is 15.0. The fourth-order valence-electron chi connectivity index (χ4n) is 3.28. The van der Waals surface area contributed by atoms with Crippen molar-refractivity contribution in [3.63, 3.8) is 0 Å². The zero-order chi connectivity index (χ0) is 19.8.